The van der Waals surface area contributed by atoms with Crippen molar-refractivity contribution in [3.8, 4) is 0 Å². The molecular formula is C44H72NO13P. The molecule has 1 fully saturated rings. The molecule has 14 nitrogen and oxygen atoms in total. The first kappa shape index (κ1) is 53.8. The van der Waals surface area contributed by atoms with Gasteiger partial charge in [-0.25, -0.2) is 4.57 Å². The number of unbranched alkanes of at least 4 members (excludes halogenated alkanes) is 7. The Balaban J connectivity index is 2.53. The van der Waals surface area contributed by atoms with Crippen LogP contribution < -0.4 is 5.73 Å². The van der Waals surface area contributed by atoms with Gasteiger partial charge in [0.25, 0.3) is 0 Å². The van der Waals surface area contributed by atoms with E-state index in [-0.39, 0.29) is 36.9 Å². The molecule has 0 amide bonds. The largest absolute Gasteiger partial charge is 0.480 e. The van der Waals surface area contributed by atoms with E-state index in [1.165, 1.54) is 0 Å². The van der Waals surface area contributed by atoms with Crippen molar-refractivity contribution in [1.29, 1.82) is 0 Å². The third kappa shape index (κ3) is 28.0. The maximum absolute atomic E-state index is 12.7. The summed E-state index contributed by atoms with van der Waals surface area (Å²) in [6, 6.07) is -1.57. The van der Waals surface area contributed by atoms with Gasteiger partial charge in [0.1, 0.15) is 18.4 Å². The first-order valence-corrected chi connectivity index (χ1v) is 22.9. The smallest absolute Gasteiger partial charge is 0.472 e. The van der Waals surface area contributed by atoms with Crippen LogP contribution in [0.5, 0.6) is 0 Å². The summed E-state index contributed by atoms with van der Waals surface area (Å²) in [6.45, 7) is 2.28. The maximum atomic E-state index is 12.7. The summed E-state index contributed by atoms with van der Waals surface area (Å²) in [5.41, 5.74) is 5.32. The lowest BCUT2D eigenvalue weighted by atomic mass is 9.88. The lowest BCUT2D eigenvalue weighted by Crippen LogP contribution is -2.34. The first-order valence-electron chi connectivity index (χ1n) is 21.4. The summed E-state index contributed by atoms with van der Waals surface area (Å²) in [5, 5.41) is 29.6. The number of ether oxygens (including phenoxy) is 2. The number of phosphoric acid groups is 1. The van der Waals surface area contributed by atoms with E-state index in [1.54, 1.807) is 12.2 Å². The molecule has 59 heavy (non-hydrogen) atoms. The lowest BCUT2D eigenvalue weighted by Gasteiger charge is -2.20. The minimum Gasteiger partial charge on any atom is -0.480 e. The average molecular weight is 854 g/mol. The quantitative estimate of drug-likeness (QED) is 0.0178. The minimum absolute atomic E-state index is 0.00481. The number of allylic oxidation sites excluding steroid dienone is 8. The number of carboxylic acid groups (broad SMARTS) is 1. The zero-order valence-corrected chi connectivity index (χ0v) is 36.2. The summed E-state index contributed by atoms with van der Waals surface area (Å²) in [4.78, 5) is 58.7. The number of aliphatic hydroxyl groups excluding tert-OH is 2. The third-order valence-electron chi connectivity index (χ3n) is 9.64. The van der Waals surface area contributed by atoms with Crippen LogP contribution in [-0.2, 0) is 42.3 Å². The highest BCUT2D eigenvalue weighted by Crippen LogP contribution is 2.43. The number of rotatable bonds is 35. The number of aliphatic carboxylic acids is 1. The van der Waals surface area contributed by atoms with Gasteiger partial charge in [-0.15, -0.1) is 0 Å². The zero-order chi connectivity index (χ0) is 43.7. The van der Waals surface area contributed by atoms with E-state index in [2.05, 4.69) is 67.0 Å². The van der Waals surface area contributed by atoms with Crippen LogP contribution in [-0.4, -0.2) is 88.1 Å². The van der Waals surface area contributed by atoms with E-state index < -0.39 is 69.9 Å². The normalized spacial score (nSPS) is 20.0. The molecular weight excluding hydrogens is 781 g/mol. The summed E-state index contributed by atoms with van der Waals surface area (Å²) in [5.74, 6) is -3.29. The van der Waals surface area contributed by atoms with Gasteiger partial charge in [-0.1, -0.05) is 113 Å². The number of carbonyl (C=O) groups is 4. The van der Waals surface area contributed by atoms with Gasteiger partial charge in [0.05, 0.1) is 25.4 Å². The molecule has 0 heterocycles. The van der Waals surface area contributed by atoms with Crippen molar-refractivity contribution < 1.29 is 62.5 Å². The van der Waals surface area contributed by atoms with E-state index >= 15 is 0 Å². The number of esters is 2. The Bertz CT molecular complexity index is 1390. The van der Waals surface area contributed by atoms with Crippen LogP contribution in [0.4, 0.5) is 0 Å². The molecule has 336 valence electrons. The zero-order valence-electron chi connectivity index (χ0n) is 35.3. The number of phosphoric ester groups is 1. The van der Waals surface area contributed by atoms with Crippen LogP contribution in [0.25, 0.3) is 0 Å². The SMILES string of the molecule is CC/C=C\C/C=C\C/C=C\C/C=C\CCCCC(=O)OC[C@H](COP(=O)(O)OC[C@H](N)C(=O)O)OC(=O)CCCCCC[C@H]1C(=O)C[C@@H](O)[C@@H]1/C=C/[C@@H](O)CCCCC. The van der Waals surface area contributed by atoms with Crippen LogP contribution in [0, 0.1) is 11.8 Å². The molecule has 1 aliphatic carbocycles. The molecule has 0 aromatic carbocycles. The molecule has 0 spiro atoms. The Kier molecular flexibility index (Phi) is 30.5. The summed E-state index contributed by atoms with van der Waals surface area (Å²) in [6.07, 6.45) is 30.6. The van der Waals surface area contributed by atoms with Crippen molar-refractivity contribution in [1.82, 2.24) is 0 Å². The molecule has 1 rings (SSSR count). The molecule has 0 aliphatic heterocycles. The number of carboxylic acids is 1. The molecule has 1 aliphatic rings. The van der Waals surface area contributed by atoms with E-state index in [0.29, 0.717) is 38.5 Å². The van der Waals surface area contributed by atoms with Crippen molar-refractivity contribution in [2.24, 2.45) is 17.6 Å². The van der Waals surface area contributed by atoms with Gasteiger partial charge in [-0.2, -0.15) is 0 Å². The predicted molar refractivity (Wildman–Crippen MR) is 227 cm³/mol. The van der Waals surface area contributed by atoms with Crippen LogP contribution >= 0.6 is 7.82 Å². The van der Waals surface area contributed by atoms with E-state index in [4.69, 9.17) is 24.8 Å². The van der Waals surface area contributed by atoms with Crippen LogP contribution in [0.1, 0.15) is 136 Å². The second-order valence-electron chi connectivity index (χ2n) is 14.9. The Hall–Kier alpha value is -3.23. The fourth-order valence-corrected chi connectivity index (χ4v) is 7.02. The molecule has 0 saturated heterocycles. The summed E-state index contributed by atoms with van der Waals surface area (Å²) < 4.78 is 32.6. The van der Waals surface area contributed by atoms with Gasteiger partial charge in [-0.3, -0.25) is 28.2 Å². The Labute approximate surface area is 351 Å². The van der Waals surface area contributed by atoms with Crippen molar-refractivity contribution in [3.63, 3.8) is 0 Å². The van der Waals surface area contributed by atoms with Crippen LogP contribution in [0.15, 0.2) is 60.8 Å². The fourth-order valence-electron chi connectivity index (χ4n) is 6.24. The van der Waals surface area contributed by atoms with E-state index in [0.717, 1.165) is 64.2 Å². The number of Topliss-reactive ketones (excluding diaryl/α,β-unsaturated/α-hetero) is 1. The van der Waals surface area contributed by atoms with Crippen molar-refractivity contribution >= 4 is 31.5 Å². The number of nitrogens with two attached hydrogens (primary N) is 1. The first-order chi connectivity index (χ1) is 28.3. The van der Waals surface area contributed by atoms with Crippen molar-refractivity contribution in [2.75, 3.05) is 19.8 Å². The number of aliphatic hydroxyl groups is 2. The maximum Gasteiger partial charge on any atom is 0.472 e. The van der Waals surface area contributed by atoms with Gasteiger partial charge in [-0.05, 0) is 64.2 Å². The molecule has 7 atom stereocenters. The molecule has 15 heteroatoms. The number of hydrogen-bond acceptors (Lipinski definition) is 12. The second-order valence-corrected chi connectivity index (χ2v) is 16.3. The molecule has 6 N–H and O–H groups in total. The van der Waals surface area contributed by atoms with Crippen molar-refractivity contribution in [2.45, 2.75) is 160 Å². The van der Waals surface area contributed by atoms with Crippen LogP contribution in [0.3, 0.4) is 0 Å². The number of hydrogen-bond donors (Lipinski definition) is 5. The van der Waals surface area contributed by atoms with Gasteiger partial charge in [0, 0.05) is 31.1 Å². The lowest BCUT2D eigenvalue weighted by molar-refractivity contribution is -0.161. The highest BCUT2D eigenvalue weighted by Gasteiger charge is 2.39. The standard InChI is InChI=1S/C44H72NO13P/c1-3-5-7-8-9-10-11-12-13-14-15-16-17-18-23-27-42(49)55-32-36(33-56-59(53,54)57-34-39(45)44(51)52)58-43(50)28-24-20-19-22-26-37-38(41(48)31-40(37)47)30-29-35(46)25-21-6-4-2/h5,7,9-10,12-13,15-16,29-30,35-39,41,46,48H,3-4,6,8,11,14,17-28,31-34,45H2,1-2H3,(H,51,52)(H,53,54)/b7-5-,10-9-,13-12-,16-15-,30-29+/t35-,36+,37+,38+,39-,41+/m0/s1. The molecule has 1 saturated carbocycles. The fraction of sp³-hybridized carbons (Fsp3) is 0.682. The number of carbonyl (C=O) groups excluding carboxylic acids is 3. The average Bonchev–Trinajstić information content (AvgIpc) is 3.47. The van der Waals surface area contributed by atoms with E-state index in [9.17, 15) is 38.8 Å². The minimum atomic E-state index is -4.80. The Morgan fingerprint density at radius 2 is 1.42 bits per heavy atom. The topological polar surface area (TPSA) is 229 Å². The van der Waals surface area contributed by atoms with Crippen molar-refractivity contribution in [3.05, 3.63) is 60.8 Å². The highest BCUT2D eigenvalue weighted by molar-refractivity contribution is 7.47. The van der Waals surface area contributed by atoms with Gasteiger partial charge in [0.15, 0.2) is 6.10 Å². The van der Waals surface area contributed by atoms with Gasteiger partial charge < -0.3 is 35.4 Å². The Morgan fingerprint density at radius 3 is 2.08 bits per heavy atom. The molecule has 0 bridgehead atoms. The highest BCUT2D eigenvalue weighted by atomic mass is 31.2. The Morgan fingerprint density at radius 1 is 0.814 bits per heavy atom. The summed E-state index contributed by atoms with van der Waals surface area (Å²) in [7, 11) is -4.80. The monoisotopic (exact) mass is 853 g/mol. The molecule has 0 aromatic heterocycles. The third-order valence-corrected chi connectivity index (χ3v) is 10.6. The molecule has 0 radical (unpaired) electrons. The van der Waals surface area contributed by atoms with Crippen LogP contribution in [0.2, 0.25) is 0 Å². The number of ketones is 1. The molecule has 1 unspecified atom stereocenters. The van der Waals surface area contributed by atoms with Gasteiger partial charge in [0.2, 0.25) is 0 Å². The predicted octanol–water partition coefficient (Wildman–Crippen LogP) is 7.76. The van der Waals surface area contributed by atoms with Gasteiger partial charge >= 0.3 is 25.7 Å². The summed E-state index contributed by atoms with van der Waals surface area (Å²) >= 11 is 0. The second kappa shape index (κ2) is 33.5. The molecule has 0 aromatic rings. The van der Waals surface area contributed by atoms with E-state index in [1.807, 2.05) is 0 Å².